The van der Waals surface area contributed by atoms with E-state index in [-0.39, 0.29) is 0 Å². The number of rotatable bonds is 3. The second-order valence-corrected chi connectivity index (χ2v) is 3.72. The molecule has 0 unspecified atom stereocenters. The van der Waals surface area contributed by atoms with Gasteiger partial charge in [0.1, 0.15) is 11.1 Å². The number of benzene rings is 1. The average molecular weight is 292 g/mol. The summed E-state index contributed by atoms with van der Waals surface area (Å²) >= 11 is 0. The normalized spacial score (nSPS) is 10.9. The van der Waals surface area contributed by atoms with E-state index in [1.807, 2.05) is 0 Å². The van der Waals surface area contributed by atoms with Crippen molar-refractivity contribution < 1.29 is 37.0 Å². The van der Waals surface area contributed by atoms with Crippen LogP contribution in [0.4, 0.5) is 13.2 Å². The van der Waals surface area contributed by atoms with Crippen LogP contribution in [0.15, 0.2) is 12.1 Å². The number of esters is 2. The van der Waals surface area contributed by atoms with Crippen molar-refractivity contribution in [3.8, 4) is 5.75 Å². The molecule has 0 N–H and O–H groups in total. The van der Waals surface area contributed by atoms with Gasteiger partial charge in [-0.15, -0.1) is 13.2 Å². The van der Waals surface area contributed by atoms with Gasteiger partial charge in [0.2, 0.25) is 0 Å². The molecule has 8 heteroatoms. The molecule has 0 aliphatic heterocycles. The summed E-state index contributed by atoms with van der Waals surface area (Å²) in [6.07, 6.45) is -5.07. The van der Waals surface area contributed by atoms with Gasteiger partial charge in [-0.1, -0.05) is 0 Å². The summed E-state index contributed by atoms with van der Waals surface area (Å²) in [7, 11) is 2.00. The smallest absolute Gasteiger partial charge is 0.465 e. The first-order valence-corrected chi connectivity index (χ1v) is 5.26. The van der Waals surface area contributed by atoms with E-state index in [1.165, 1.54) is 6.92 Å². The van der Waals surface area contributed by atoms with Gasteiger partial charge < -0.3 is 14.2 Å². The average Bonchev–Trinajstić information content (AvgIpc) is 2.36. The number of carbonyl (C=O) groups excluding carboxylic acids is 2. The third-order valence-corrected chi connectivity index (χ3v) is 2.26. The van der Waals surface area contributed by atoms with Crippen LogP contribution in [0.3, 0.4) is 0 Å². The Balaban J connectivity index is 3.53. The van der Waals surface area contributed by atoms with Crippen LogP contribution in [0, 0.1) is 6.92 Å². The zero-order chi connectivity index (χ0) is 15.5. The van der Waals surface area contributed by atoms with Crippen molar-refractivity contribution >= 4 is 11.9 Å². The first-order valence-electron chi connectivity index (χ1n) is 5.26. The fourth-order valence-corrected chi connectivity index (χ4v) is 1.52. The van der Waals surface area contributed by atoms with Crippen LogP contribution in [-0.2, 0) is 9.47 Å². The SMILES string of the molecule is COC(=O)c1cc(C)cc(C(=O)OC)c1OC(F)(F)F. The maximum atomic E-state index is 12.4. The molecule has 0 saturated carbocycles. The largest absolute Gasteiger partial charge is 0.573 e. The summed E-state index contributed by atoms with van der Waals surface area (Å²) in [6, 6.07) is 2.25. The first kappa shape index (κ1) is 15.8. The van der Waals surface area contributed by atoms with Crippen molar-refractivity contribution in [2.24, 2.45) is 0 Å². The quantitative estimate of drug-likeness (QED) is 0.801. The van der Waals surface area contributed by atoms with E-state index in [4.69, 9.17) is 0 Å². The van der Waals surface area contributed by atoms with Crippen molar-refractivity contribution in [3.05, 3.63) is 28.8 Å². The predicted octanol–water partition coefficient (Wildman–Crippen LogP) is 2.47. The monoisotopic (exact) mass is 292 g/mol. The van der Waals surface area contributed by atoms with Gasteiger partial charge in [0.05, 0.1) is 14.2 Å². The van der Waals surface area contributed by atoms with Gasteiger partial charge in [-0.05, 0) is 24.6 Å². The predicted molar refractivity (Wildman–Crippen MR) is 60.5 cm³/mol. The van der Waals surface area contributed by atoms with Gasteiger partial charge in [0, 0.05) is 0 Å². The molecule has 0 amide bonds. The standard InChI is InChI=1S/C12H11F3O5/c1-6-4-7(10(16)18-2)9(20-12(13,14)15)8(5-6)11(17)19-3/h4-5H,1-3H3. The molecule has 1 aromatic carbocycles. The summed E-state index contributed by atoms with van der Waals surface area (Å²) in [6.45, 7) is 1.50. The van der Waals surface area contributed by atoms with Crippen LogP contribution in [-0.4, -0.2) is 32.5 Å². The molecule has 1 rings (SSSR count). The third kappa shape index (κ3) is 3.62. The minimum atomic E-state index is -5.07. The van der Waals surface area contributed by atoms with E-state index >= 15 is 0 Å². The Hall–Kier alpha value is -2.25. The lowest BCUT2D eigenvalue weighted by Gasteiger charge is -2.16. The molecule has 110 valence electrons. The molecule has 0 spiro atoms. The Bertz CT molecular complexity index is 499. The van der Waals surface area contributed by atoms with Gasteiger partial charge in [-0.2, -0.15) is 0 Å². The molecule has 5 nitrogen and oxygen atoms in total. The molecule has 0 fully saturated rings. The Morgan fingerprint density at radius 3 is 1.70 bits per heavy atom. The minimum Gasteiger partial charge on any atom is -0.465 e. The Labute approximate surface area is 112 Å². The number of alkyl halides is 3. The van der Waals surface area contributed by atoms with E-state index in [9.17, 15) is 22.8 Å². The summed E-state index contributed by atoms with van der Waals surface area (Å²) in [4.78, 5) is 23.0. The van der Waals surface area contributed by atoms with Gasteiger partial charge >= 0.3 is 18.3 Å². The number of hydrogen-bond acceptors (Lipinski definition) is 5. The molecule has 0 atom stereocenters. The highest BCUT2D eigenvalue weighted by atomic mass is 19.4. The van der Waals surface area contributed by atoms with Crippen LogP contribution in [0.25, 0.3) is 0 Å². The molecule has 0 aromatic heterocycles. The van der Waals surface area contributed by atoms with E-state index < -0.39 is 35.2 Å². The van der Waals surface area contributed by atoms with Gasteiger partial charge in [0.15, 0.2) is 5.75 Å². The molecule has 0 aliphatic rings. The second-order valence-electron chi connectivity index (χ2n) is 3.72. The van der Waals surface area contributed by atoms with Crippen LogP contribution in [0.5, 0.6) is 5.75 Å². The van der Waals surface area contributed by atoms with Crippen molar-refractivity contribution in [3.63, 3.8) is 0 Å². The molecule has 0 radical (unpaired) electrons. The molecular formula is C12H11F3O5. The number of halogens is 3. The summed E-state index contributed by atoms with van der Waals surface area (Å²) in [5.74, 6) is -3.06. The van der Waals surface area contributed by atoms with Crippen molar-refractivity contribution in [1.29, 1.82) is 0 Å². The Kier molecular flexibility index (Phi) is 4.59. The summed E-state index contributed by atoms with van der Waals surface area (Å²) in [5.41, 5.74) is -0.643. The molecule has 0 saturated heterocycles. The fourth-order valence-electron chi connectivity index (χ4n) is 1.52. The minimum absolute atomic E-state index is 0.375. The number of hydrogen-bond donors (Lipinski definition) is 0. The lowest BCUT2D eigenvalue weighted by Crippen LogP contribution is -2.22. The Morgan fingerprint density at radius 1 is 1.00 bits per heavy atom. The van der Waals surface area contributed by atoms with Crippen molar-refractivity contribution in [2.75, 3.05) is 14.2 Å². The maximum Gasteiger partial charge on any atom is 0.573 e. The van der Waals surface area contributed by atoms with Crippen LogP contribution in [0.2, 0.25) is 0 Å². The maximum absolute atomic E-state index is 12.4. The molecule has 0 heterocycles. The highest BCUT2D eigenvalue weighted by Crippen LogP contribution is 2.32. The summed E-state index contributed by atoms with van der Waals surface area (Å²) in [5, 5.41) is 0. The van der Waals surface area contributed by atoms with E-state index in [2.05, 4.69) is 14.2 Å². The van der Waals surface area contributed by atoms with Gasteiger partial charge in [0.25, 0.3) is 0 Å². The number of ether oxygens (including phenoxy) is 3. The molecule has 1 aromatic rings. The van der Waals surface area contributed by atoms with E-state index in [1.54, 1.807) is 0 Å². The highest BCUT2D eigenvalue weighted by molar-refractivity contribution is 6.00. The van der Waals surface area contributed by atoms with Crippen LogP contribution >= 0.6 is 0 Å². The summed E-state index contributed by atoms with van der Waals surface area (Å²) < 4.78 is 49.7. The van der Waals surface area contributed by atoms with E-state index in [0.29, 0.717) is 5.56 Å². The Morgan fingerprint density at radius 2 is 1.40 bits per heavy atom. The topological polar surface area (TPSA) is 61.8 Å². The lowest BCUT2D eigenvalue weighted by atomic mass is 10.0. The molecular weight excluding hydrogens is 281 g/mol. The van der Waals surface area contributed by atoms with Gasteiger partial charge in [-0.25, -0.2) is 9.59 Å². The zero-order valence-electron chi connectivity index (χ0n) is 10.8. The number of methoxy groups -OCH3 is 2. The third-order valence-electron chi connectivity index (χ3n) is 2.26. The van der Waals surface area contributed by atoms with Gasteiger partial charge in [-0.3, -0.25) is 0 Å². The van der Waals surface area contributed by atoms with Crippen molar-refractivity contribution in [1.82, 2.24) is 0 Å². The van der Waals surface area contributed by atoms with Crippen LogP contribution in [0.1, 0.15) is 26.3 Å². The zero-order valence-corrected chi connectivity index (χ0v) is 10.8. The number of carbonyl (C=O) groups is 2. The second kappa shape index (κ2) is 5.81. The van der Waals surface area contributed by atoms with E-state index in [0.717, 1.165) is 26.4 Å². The molecule has 0 bridgehead atoms. The first-order chi connectivity index (χ1) is 9.19. The number of aryl methyl sites for hydroxylation is 1. The highest BCUT2D eigenvalue weighted by Gasteiger charge is 2.36. The molecule has 20 heavy (non-hydrogen) atoms. The van der Waals surface area contributed by atoms with Crippen LogP contribution < -0.4 is 4.74 Å². The van der Waals surface area contributed by atoms with Crippen molar-refractivity contribution in [2.45, 2.75) is 13.3 Å². The fraction of sp³-hybridized carbons (Fsp3) is 0.333. The molecule has 0 aliphatic carbocycles. The lowest BCUT2D eigenvalue weighted by molar-refractivity contribution is -0.274.